The van der Waals surface area contributed by atoms with E-state index in [1.165, 1.54) is 0 Å². The first-order chi connectivity index (χ1) is 9.24. The normalized spacial score (nSPS) is 18.4. The summed E-state index contributed by atoms with van der Waals surface area (Å²) < 4.78 is 5.72. The molecule has 0 saturated carbocycles. The Morgan fingerprint density at radius 1 is 1.47 bits per heavy atom. The molecule has 0 bridgehead atoms. The molecule has 1 atom stereocenters. The van der Waals surface area contributed by atoms with Crippen LogP contribution in [0.3, 0.4) is 0 Å². The molecule has 1 aliphatic heterocycles. The lowest BCUT2D eigenvalue weighted by atomic mass is 10.3. The van der Waals surface area contributed by atoms with Gasteiger partial charge in [0.25, 0.3) is 0 Å². The standard InChI is InChI=1S/C13H20N4O2/c1-3-16(4-2)13(18)17-8-5-11(10-17)19-12-9-14-6-7-15-12/h6-7,9,11H,3-5,8,10H2,1-2H3. The van der Waals surface area contributed by atoms with Gasteiger partial charge in [-0.1, -0.05) is 0 Å². The Bertz CT molecular complexity index is 408. The van der Waals surface area contributed by atoms with Crippen molar-refractivity contribution in [2.45, 2.75) is 26.4 Å². The van der Waals surface area contributed by atoms with Gasteiger partial charge >= 0.3 is 6.03 Å². The molecule has 2 heterocycles. The minimum atomic E-state index is 0.0104. The molecule has 1 saturated heterocycles. The van der Waals surface area contributed by atoms with Crippen LogP contribution in [0.4, 0.5) is 4.79 Å². The number of carbonyl (C=O) groups is 1. The van der Waals surface area contributed by atoms with Crippen molar-refractivity contribution in [1.29, 1.82) is 0 Å². The van der Waals surface area contributed by atoms with Crippen LogP contribution >= 0.6 is 0 Å². The summed E-state index contributed by atoms with van der Waals surface area (Å²) in [6, 6.07) is 0.0928. The molecule has 2 rings (SSSR count). The Labute approximate surface area is 113 Å². The SMILES string of the molecule is CCN(CC)C(=O)N1CCC(Oc2cnccn2)C1. The summed E-state index contributed by atoms with van der Waals surface area (Å²) in [4.78, 5) is 23.9. The second-order valence-electron chi connectivity index (χ2n) is 4.47. The van der Waals surface area contributed by atoms with Crippen molar-refractivity contribution < 1.29 is 9.53 Å². The lowest BCUT2D eigenvalue weighted by Crippen LogP contribution is -2.42. The van der Waals surface area contributed by atoms with E-state index < -0.39 is 0 Å². The Kier molecular flexibility index (Phi) is 4.54. The number of urea groups is 1. The number of nitrogens with zero attached hydrogens (tertiary/aromatic N) is 4. The van der Waals surface area contributed by atoms with Gasteiger partial charge in [0, 0.05) is 38.4 Å². The molecule has 6 heteroatoms. The van der Waals surface area contributed by atoms with E-state index in [-0.39, 0.29) is 12.1 Å². The molecule has 1 aliphatic rings. The molecule has 0 spiro atoms. The monoisotopic (exact) mass is 264 g/mol. The van der Waals surface area contributed by atoms with Gasteiger partial charge in [-0.25, -0.2) is 9.78 Å². The average molecular weight is 264 g/mol. The molecule has 6 nitrogen and oxygen atoms in total. The van der Waals surface area contributed by atoms with Gasteiger partial charge in [0.2, 0.25) is 5.88 Å². The Morgan fingerprint density at radius 3 is 2.89 bits per heavy atom. The minimum absolute atomic E-state index is 0.0104. The van der Waals surface area contributed by atoms with Crippen molar-refractivity contribution >= 4 is 6.03 Å². The fourth-order valence-corrected chi connectivity index (χ4v) is 2.21. The van der Waals surface area contributed by atoms with E-state index in [1.807, 2.05) is 23.6 Å². The van der Waals surface area contributed by atoms with E-state index in [9.17, 15) is 4.79 Å². The zero-order valence-electron chi connectivity index (χ0n) is 11.5. The second-order valence-corrected chi connectivity index (χ2v) is 4.47. The first-order valence-electron chi connectivity index (χ1n) is 6.71. The summed E-state index contributed by atoms with van der Waals surface area (Å²) in [6.45, 7) is 6.81. The fraction of sp³-hybridized carbons (Fsp3) is 0.615. The molecular formula is C13H20N4O2. The highest BCUT2D eigenvalue weighted by molar-refractivity contribution is 5.74. The molecule has 0 radical (unpaired) electrons. The number of carbonyl (C=O) groups excluding carboxylic acids is 1. The third-order valence-corrected chi connectivity index (χ3v) is 3.28. The lowest BCUT2D eigenvalue weighted by Gasteiger charge is -2.25. The third-order valence-electron chi connectivity index (χ3n) is 3.28. The molecule has 1 unspecified atom stereocenters. The smallest absolute Gasteiger partial charge is 0.320 e. The van der Waals surface area contributed by atoms with Crippen molar-refractivity contribution in [2.24, 2.45) is 0 Å². The summed E-state index contributed by atoms with van der Waals surface area (Å²) in [5, 5.41) is 0. The summed E-state index contributed by atoms with van der Waals surface area (Å²) in [5.74, 6) is 0.518. The number of rotatable bonds is 4. The fourth-order valence-electron chi connectivity index (χ4n) is 2.21. The van der Waals surface area contributed by atoms with Crippen LogP contribution in [0.25, 0.3) is 0 Å². The van der Waals surface area contributed by atoms with Gasteiger partial charge in [-0.15, -0.1) is 0 Å². The van der Waals surface area contributed by atoms with Gasteiger partial charge in [-0.2, -0.15) is 0 Å². The number of aromatic nitrogens is 2. The topological polar surface area (TPSA) is 58.6 Å². The van der Waals surface area contributed by atoms with Crippen LogP contribution in [-0.2, 0) is 0 Å². The van der Waals surface area contributed by atoms with Gasteiger partial charge in [-0.3, -0.25) is 4.98 Å². The van der Waals surface area contributed by atoms with E-state index in [0.29, 0.717) is 12.4 Å². The molecule has 19 heavy (non-hydrogen) atoms. The van der Waals surface area contributed by atoms with Crippen LogP contribution in [0, 0.1) is 0 Å². The summed E-state index contributed by atoms with van der Waals surface area (Å²) in [6.07, 6.45) is 5.65. The Morgan fingerprint density at radius 2 is 2.26 bits per heavy atom. The molecule has 0 aromatic carbocycles. The highest BCUT2D eigenvalue weighted by Crippen LogP contribution is 2.16. The summed E-state index contributed by atoms with van der Waals surface area (Å²) in [7, 11) is 0. The largest absolute Gasteiger partial charge is 0.471 e. The minimum Gasteiger partial charge on any atom is -0.471 e. The van der Waals surface area contributed by atoms with E-state index in [0.717, 1.165) is 26.1 Å². The molecule has 2 amide bonds. The van der Waals surface area contributed by atoms with Crippen LogP contribution in [0.2, 0.25) is 0 Å². The average Bonchev–Trinajstić information content (AvgIpc) is 2.89. The molecule has 104 valence electrons. The third kappa shape index (κ3) is 3.33. The zero-order chi connectivity index (χ0) is 13.7. The van der Waals surface area contributed by atoms with Gasteiger partial charge in [0.05, 0.1) is 12.7 Å². The van der Waals surface area contributed by atoms with Crippen molar-refractivity contribution in [3.8, 4) is 5.88 Å². The molecule has 0 aliphatic carbocycles. The molecule has 1 fully saturated rings. The first kappa shape index (κ1) is 13.6. The first-order valence-corrected chi connectivity index (χ1v) is 6.71. The Hall–Kier alpha value is -1.85. The highest BCUT2D eigenvalue weighted by atomic mass is 16.5. The van der Waals surface area contributed by atoms with E-state index in [1.54, 1.807) is 18.6 Å². The summed E-state index contributed by atoms with van der Waals surface area (Å²) >= 11 is 0. The van der Waals surface area contributed by atoms with E-state index >= 15 is 0 Å². The quantitative estimate of drug-likeness (QED) is 0.824. The van der Waals surface area contributed by atoms with Crippen LogP contribution < -0.4 is 4.74 Å². The number of ether oxygens (including phenoxy) is 1. The van der Waals surface area contributed by atoms with Crippen molar-refractivity contribution in [2.75, 3.05) is 26.2 Å². The second kappa shape index (κ2) is 6.36. The number of hydrogen-bond donors (Lipinski definition) is 0. The predicted molar refractivity (Wildman–Crippen MR) is 71.0 cm³/mol. The van der Waals surface area contributed by atoms with Crippen LogP contribution in [0.1, 0.15) is 20.3 Å². The highest BCUT2D eigenvalue weighted by Gasteiger charge is 2.29. The predicted octanol–water partition coefficient (Wildman–Crippen LogP) is 1.39. The van der Waals surface area contributed by atoms with Crippen molar-refractivity contribution in [3.63, 3.8) is 0 Å². The van der Waals surface area contributed by atoms with Gasteiger partial charge in [0.1, 0.15) is 6.10 Å². The zero-order valence-corrected chi connectivity index (χ0v) is 11.5. The van der Waals surface area contributed by atoms with E-state index in [2.05, 4.69) is 9.97 Å². The van der Waals surface area contributed by atoms with Gasteiger partial charge in [-0.05, 0) is 13.8 Å². The van der Waals surface area contributed by atoms with Crippen LogP contribution in [0.5, 0.6) is 5.88 Å². The molecule has 1 aromatic heterocycles. The number of hydrogen-bond acceptors (Lipinski definition) is 4. The Balaban J connectivity index is 1.88. The number of likely N-dealkylation sites (tertiary alicyclic amines) is 1. The van der Waals surface area contributed by atoms with Gasteiger partial charge in [0.15, 0.2) is 0 Å². The number of amides is 2. The molecular weight excluding hydrogens is 244 g/mol. The van der Waals surface area contributed by atoms with Gasteiger partial charge < -0.3 is 14.5 Å². The maximum Gasteiger partial charge on any atom is 0.320 e. The maximum absolute atomic E-state index is 12.2. The molecule has 0 N–H and O–H groups in total. The van der Waals surface area contributed by atoms with Crippen LogP contribution in [0.15, 0.2) is 18.6 Å². The van der Waals surface area contributed by atoms with Crippen molar-refractivity contribution in [3.05, 3.63) is 18.6 Å². The summed E-state index contributed by atoms with van der Waals surface area (Å²) in [5.41, 5.74) is 0. The lowest BCUT2D eigenvalue weighted by molar-refractivity contribution is 0.155. The van der Waals surface area contributed by atoms with E-state index in [4.69, 9.17) is 4.74 Å². The van der Waals surface area contributed by atoms with Crippen LogP contribution in [-0.4, -0.2) is 58.1 Å². The maximum atomic E-state index is 12.2. The molecule has 1 aromatic rings. The van der Waals surface area contributed by atoms with Crippen molar-refractivity contribution in [1.82, 2.24) is 19.8 Å².